The lowest BCUT2D eigenvalue weighted by Gasteiger charge is -2.12. The molecule has 33 heavy (non-hydrogen) atoms. The van der Waals surface area contributed by atoms with Crippen molar-refractivity contribution in [2.45, 2.75) is 58.4 Å². The van der Waals surface area contributed by atoms with Crippen LogP contribution in [0.3, 0.4) is 0 Å². The van der Waals surface area contributed by atoms with Crippen LogP contribution in [-0.4, -0.2) is 47.0 Å². The van der Waals surface area contributed by atoms with E-state index in [2.05, 4.69) is 68.7 Å². The van der Waals surface area contributed by atoms with Crippen LogP contribution >= 0.6 is 0 Å². The molecular formula is C26H36N6O. The first-order valence-electron chi connectivity index (χ1n) is 12.4. The normalized spacial score (nSPS) is 14.0. The highest BCUT2D eigenvalue weighted by atomic mass is 16.5. The lowest BCUT2D eigenvalue weighted by molar-refractivity contribution is 0.314. The van der Waals surface area contributed by atoms with Gasteiger partial charge in [-0.25, -0.2) is 0 Å². The highest BCUT2D eigenvalue weighted by Gasteiger charge is 2.14. The van der Waals surface area contributed by atoms with Crippen molar-refractivity contribution >= 4 is 16.7 Å². The summed E-state index contributed by atoms with van der Waals surface area (Å²) < 4.78 is 8.26. The van der Waals surface area contributed by atoms with Crippen molar-refractivity contribution in [1.82, 2.24) is 25.4 Å². The fraction of sp³-hybridized carbons (Fsp3) is 0.500. The largest absolute Gasteiger partial charge is 0.494 e. The van der Waals surface area contributed by atoms with Crippen LogP contribution in [0.1, 0.15) is 50.7 Å². The predicted molar refractivity (Wildman–Crippen MR) is 134 cm³/mol. The van der Waals surface area contributed by atoms with Crippen molar-refractivity contribution in [2.24, 2.45) is 4.99 Å². The fourth-order valence-corrected chi connectivity index (χ4v) is 4.23. The zero-order chi connectivity index (χ0) is 22.7. The standard InChI is InChI=1S/C26H36N6O/c1-2-27-26(28-16-8-13-25-31-30-24-12-4-3-7-18-32(24)25)29-17-9-19-33-23-15-14-21-10-5-6-11-22(21)20-23/h5-6,10-11,14-15,20H,2-4,7-9,12-13,16-19H2,1H3,(H2,27,28,29). The summed E-state index contributed by atoms with van der Waals surface area (Å²) in [4.78, 5) is 4.69. The van der Waals surface area contributed by atoms with Gasteiger partial charge in [0.05, 0.1) is 6.61 Å². The van der Waals surface area contributed by atoms with Gasteiger partial charge in [0, 0.05) is 45.4 Å². The zero-order valence-corrected chi connectivity index (χ0v) is 19.7. The van der Waals surface area contributed by atoms with E-state index in [1.165, 1.54) is 30.0 Å². The number of nitrogens with zero attached hydrogens (tertiary/aromatic N) is 4. The summed E-state index contributed by atoms with van der Waals surface area (Å²) in [5, 5.41) is 18.0. The Morgan fingerprint density at radius 3 is 2.85 bits per heavy atom. The molecule has 0 bridgehead atoms. The smallest absolute Gasteiger partial charge is 0.191 e. The van der Waals surface area contributed by atoms with E-state index >= 15 is 0 Å². The summed E-state index contributed by atoms with van der Waals surface area (Å²) in [6.07, 6.45) is 7.64. The third-order valence-corrected chi connectivity index (χ3v) is 5.96. The molecule has 7 nitrogen and oxygen atoms in total. The van der Waals surface area contributed by atoms with Crippen molar-refractivity contribution in [1.29, 1.82) is 0 Å². The highest BCUT2D eigenvalue weighted by Crippen LogP contribution is 2.20. The van der Waals surface area contributed by atoms with E-state index in [-0.39, 0.29) is 0 Å². The Morgan fingerprint density at radius 1 is 1.03 bits per heavy atom. The lowest BCUT2D eigenvalue weighted by atomic mass is 10.1. The number of aryl methyl sites for hydroxylation is 2. The van der Waals surface area contributed by atoms with Gasteiger partial charge < -0.3 is 19.9 Å². The minimum absolute atomic E-state index is 0.652. The number of aromatic nitrogens is 3. The monoisotopic (exact) mass is 448 g/mol. The molecule has 0 atom stereocenters. The van der Waals surface area contributed by atoms with Crippen LogP contribution in [0, 0.1) is 0 Å². The molecule has 0 aliphatic carbocycles. The van der Waals surface area contributed by atoms with Gasteiger partial charge in [-0.3, -0.25) is 4.99 Å². The molecule has 0 fully saturated rings. The number of nitrogens with one attached hydrogen (secondary N) is 2. The van der Waals surface area contributed by atoms with Crippen molar-refractivity contribution < 1.29 is 4.74 Å². The van der Waals surface area contributed by atoms with Crippen LogP contribution in [0.15, 0.2) is 47.5 Å². The maximum Gasteiger partial charge on any atom is 0.191 e. The second-order valence-electron chi connectivity index (χ2n) is 8.50. The Balaban J connectivity index is 1.17. The number of rotatable bonds is 10. The summed E-state index contributed by atoms with van der Waals surface area (Å²) in [6, 6.07) is 14.6. The Morgan fingerprint density at radius 2 is 1.94 bits per heavy atom. The molecule has 0 saturated heterocycles. The Bertz CT molecular complexity index is 1040. The molecular weight excluding hydrogens is 412 g/mol. The molecule has 0 spiro atoms. The van der Waals surface area contributed by atoms with Crippen molar-refractivity contribution in [3.05, 3.63) is 54.1 Å². The SMILES string of the molecule is CCNC(=NCCCOc1ccc2ccccc2c1)NCCCc1nnc2n1CCCCC2. The van der Waals surface area contributed by atoms with E-state index in [9.17, 15) is 0 Å². The summed E-state index contributed by atoms with van der Waals surface area (Å²) in [6.45, 7) is 6.24. The van der Waals surface area contributed by atoms with Gasteiger partial charge in [-0.05, 0) is 49.1 Å². The predicted octanol–water partition coefficient (Wildman–Crippen LogP) is 4.11. The van der Waals surface area contributed by atoms with E-state index in [1.54, 1.807) is 0 Å². The highest BCUT2D eigenvalue weighted by molar-refractivity contribution is 5.83. The lowest BCUT2D eigenvalue weighted by Crippen LogP contribution is -2.38. The molecule has 7 heteroatoms. The van der Waals surface area contributed by atoms with Gasteiger partial charge in [0.2, 0.25) is 0 Å². The molecule has 0 amide bonds. The molecule has 1 aromatic heterocycles. The van der Waals surface area contributed by atoms with Crippen LogP contribution in [0.4, 0.5) is 0 Å². The Labute approximate surface area is 196 Å². The number of aliphatic imine (C=N–C) groups is 1. The average Bonchev–Trinajstić information content (AvgIpc) is 3.06. The number of fused-ring (bicyclic) bond motifs is 2. The molecule has 3 aromatic rings. The van der Waals surface area contributed by atoms with Gasteiger partial charge >= 0.3 is 0 Å². The van der Waals surface area contributed by atoms with Crippen molar-refractivity contribution in [3.63, 3.8) is 0 Å². The first kappa shape index (κ1) is 23.1. The summed E-state index contributed by atoms with van der Waals surface area (Å²) >= 11 is 0. The molecule has 0 unspecified atom stereocenters. The molecule has 2 heterocycles. The van der Waals surface area contributed by atoms with Gasteiger partial charge in [-0.1, -0.05) is 36.8 Å². The van der Waals surface area contributed by atoms with E-state index in [0.717, 1.165) is 75.2 Å². The number of hydrogen-bond donors (Lipinski definition) is 2. The van der Waals surface area contributed by atoms with Crippen LogP contribution in [0.25, 0.3) is 10.8 Å². The topological polar surface area (TPSA) is 76.4 Å². The van der Waals surface area contributed by atoms with Gasteiger partial charge in [-0.2, -0.15) is 0 Å². The van der Waals surface area contributed by atoms with Gasteiger partial charge in [0.1, 0.15) is 17.4 Å². The summed E-state index contributed by atoms with van der Waals surface area (Å²) in [7, 11) is 0. The summed E-state index contributed by atoms with van der Waals surface area (Å²) in [5.74, 6) is 4.06. The molecule has 1 aliphatic heterocycles. The van der Waals surface area contributed by atoms with Crippen molar-refractivity contribution in [2.75, 3.05) is 26.2 Å². The Hall–Kier alpha value is -3.09. The van der Waals surface area contributed by atoms with E-state index < -0.39 is 0 Å². The minimum atomic E-state index is 0.652. The van der Waals surface area contributed by atoms with Crippen LogP contribution < -0.4 is 15.4 Å². The van der Waals surface area contributed by atoms with Gasteiger partial charge in [0.15, 0.2) is 5.96 Å². The van der Waals surface area contributed by atoms with Crippen LogP contribution in [-0.2, 0) is 19.4 Å². The van der Waals surface area contributed by atoms with Crippen LogP contribution in [0.2, 0.25) is 0 Å². The number of guanidine groups is 1. The second kappa shape index (κ2) is 12.2. The number of hydrogen-bond acceptors (Lipinski definition) is 4. The number of benzene rings is 2. The number of ether oxygens (including phenoxy) is 1. The van der Waals surface area contributed by atoms with Crippen molar-refractivity contribution in [3.8, 4) is 5.75 Å². The molecule has 0 radical (unpaired) electrons. The van der Waals surface area contributed by atoms with E-state index in [4.69, 9.17) is 9.73 Å². The Kier molecular flexibility index (Phi) is 8.55. The minimum Gasteiger partial charge on any atom is -0.494 e. The fourth-order valence-electron chi connectivity index (χ4n) is 4.23. The third kappa shape index (κ3) is 6.70. The first-order chi connectivity index (χ1) is 16.3. The van der Waals surface area contributed by atoms with E-state index in [0.29, 0.717) is 6.61 Å². The van der Waals surface area contributed by atoms with Gasteiger partial charge in [-0.15, -0.1) is 10.2 Å². The van der Waals surface area contributed by atoms with Crippen LogP contribution in [0.5, 0.6) is 5.75 Å². The second-order valence-corrected chi connectivity index (χ2v) is 8.50. The van der Waals surface area contributed by atoms with Gasteiger partial charge in [0.25, 0.3) is 0 Å². The maximum atomic E-state index is 5.92. The molecule has 4 rings (SSSR count). The zero-order valence-electron chi connectivity index (χ0n) is 19.7. The third-order valence-electron chi connectivity index (χ3n) is 5.96. The molecule has 176 valence electrons. The van der Waals surface area contributed by atoms with E-state index in [1.807, 2.05) is 6.07 Å². The molecule has 1 aliphatic rings. The maximum absolute atomic E-state index is 5.92. The first-order valence-corrected chi connectivity index (χ1v) is 12.4. The quantitative estimate of drug-likeness (QED) is 0.277. The molecule has 2 aromatic carbocycles. The summed E-state index contributed by atoms with van der Waals surface area (Å²) in [5.41, 5.74) is 0. The molecule has 0 saturated carbocycles. The molecule has 2 N–H and O–H groups in total. The average molecular weight is 449 g/mol.